The van der Waals surface area contributed by atoms with Gasteiger partial charge < -0.3 is 15.7 Å². The van der Waals surface area contributed by atoms with Gasteiger partial charge in [0, 0.05) is 24.7 Å². The van der Waals surface area contributed by atoms with E-state index in [0.717, 1.165) is 6.54 Å². The zero-order valence-corrected chi connectivity index (χ0v) is 8.79. The van der Waals surface area contributed by atoms with Gasteiger partial charge in [0.05, 0.1) is 0 Å². The first kappa shape index (κ1) is 11.5. The minimum absolute atomic E-state index is 0.0541. The van der Waals surface area contributed by atoms with Crippen molar-refractivity contribution in [3.05, 3.63) is 24.3 Å². The Bertz CT molecular complexity index is 326. The lowest BCUT2D eigenvalue weighted by atomic mass is 10.3. The van der Waals surface area contributed by atoms with E-state index in [0.29, 0.717) is 18.7 Å². The van der Waals surface area contributed by atoms with E-state index in [4.69, 9.17) is 0 Å². The van der Waals surface area contributed by atoms with Crippen LogP contribution in [0.5, 0.6) is 5.75 Å². The Balaban J connectivity index is 2.37. The van der Waals surface area contributed by atoms with Gasteiger partial charge in [-0.05, 0) is 18.7 Å². The molecule has 1 rings (SSSR count). The molecule has 1 aromatic rings. The standard InChI is InChI=1S/C11H16N2O2/c1-2-12-7-6-11(15)13-9-4-3-5-10(14)8-9/h3-5,8,12,14H,2,6-7H2,1H3,(H,13,15). The molecule has 1 amide bonds. The predicted molar refractivity (Wildman–Crippen MR) is 59.9 cm³/mol. The SMILES string of the molecule is CCNCCC(=O)Nc1cccc(O)c1. The van der Waals surface area contributed by atoms with Crippen molar-refractivity contribution in [3.63, 3.8) is 0 Å². The molecule has 4 heteroatoms. The summed E-state index contributed by atoms with van der Waals surface area (Å²) in [5.74, 6) is 0.0982. The lowest BCUT2D eigenvalue weighted by molar-refractivity contribution is -0.116. The molecule has 0 saturated carbocycles. The number of nitrogens with one attached hydrogen (secondary N) is 2. The van der Waals surface area contributed by atoms with Crippen LogP contribution in [0.3, 0.4) is 0 Å². The van der Waals surface area contributed by atoms with Crippen LogP contribution in [-0.2, 0) is 4.79 Å². The number of phenolic OH excluding ortho intramolecular Hbond substituents is 1. The van der Waals surface area contributed by atoms with Gasteiger partial charge >= 0.3 is 0 Å². The van der Waals surface area contributed by atoms with Crippen molar-refractivity contribution in [3.8, 4) is 5.75 Å². The number of anilines is 1. The molecule has 0 aliphatic carbocycles. The van der Waals surface area contributed by atoms with Gasteiger partial charge in [-0.15, -0.1) is 0 Å². The Hall–Kier alpha value is -1.55. The number of rotatable bonds is 5. The fraction of sp³-hybridized carbons (Fsp3) is 0.364. The van der Waals surface area contributed by atoms with Crippen LogP contribution in [0.25, 0.3) is 0 Å². The molecule has 0 fully saturated rings. The Morgan fingerprint density at radius 1 is 1.47 bits per heavy atom. The van der Waals surface area contributed by atoms with E-state index >= 15 is 0 Å². The molecule has 0 aliphatic rings. The van der Waals surface area contributed by atoms with Crippen molar-refractivity contribution >= 4 is 11.6 Å². The number of hydrogen-bond acceptors (Lipinski definition) is 3. The third-order valence-corrected chi connectivity index (χ3v) is 1.91. The zero-order valence-electron chi connectivity index (χ0n) is 8.79. The molecule has 0 heterocycles. The predicted octanol–water partition coefficient (Wildman–Crippen LogP) is 1.33. The number of aromatic hydroxyl groups is 1. The number of carbonyl (C=O) groups is 1. The highest BCUT2D eigenvalue weighted by Crippen LogP contribution is 2.15. The van der Waals surface area contributed by atoms with Crippen LogP contribution in [-0.4, -0.2) is 24.1 Å². The Labute approximate surface area is 89.3 Å². The Morgan fingerprint density at radius 2 is 2.27 bits per heavy atom. The van der Waals surface area contributed by atoms with Gasteiger partial charge in [-0.1, -0.05) is 13.0 Å². The van der Waals surface area contributed by atoms with E-state index in [1.807, 2.05) is 6.92 Å². The largest absolute Gasteiger partial charge is 0.508 e. The van der Waals surface area contributed by atoms with Gasteiger partial charge in [0.25, 0.3) is 0 Å². The van der Waals surface area contributed by atoms with Gasteiger partial charge in [-0.25, -0.2) is 0 Å². The summed E-state index contributed by atoms with van der Waals surface area (Å²) in [6, 6.07) is 6.51. The van der Waals surface area contributed by atoms with E-state index in [9.17, 15) is 9.90 Å². The van der Waals surface area contributed by atoms with Crippen molar-refractivity contribution in [1.29, 1.82) is 0 Å². The van der Waals surface area contributed by atoms with Gasteiger partial charge in [0.2, 0.25) is 5.91 Å². The molecule has 1 aromatic carbocycles. The summed E-state index contributed by atoms with van der Waals surface area (Å²) in [6.07, 6.45) is 0.434. The molecule has 3 N–H and O–H groups in total. The molecule has 0 aliphatic heterocycles. The van der Waals surface area contributed by atoms with Gasteiger partial charge in [-0.3, -0.25) is 4.79 Å². The molecule has 0 radical (unpaired) electrons. The van der Waals surface area contributed by atoms with Crippen molar-refractivity contribution in [2.75, 3.05) is 18.4 Å². The third-order valence-electron chi connectivity index (χ3n) is 1.91. The van der Waals surface area contributed by atoms with Crippen LogP contribution in [0, 0.1) is 0 Å². The van der Waals surface area contributed by atoms with Crippen molar-refractivity contribution in [1.82, 2.24) is 5.32 Å². The van der Waals surface area contributed by atoms with Crippen LogP contribution >= 0.6 is 0 Å². The number of amides is 1. The summed E-state index contributed by atoms with van der Waals surface area (Å²) in [5, 5.41) is 14.9. The first-order valence-corrected chi connectivity index (χ1v) is 5.02. The maximum absolute atomic E-state index is 11.4. The number of carbonyl (C=O) groups excluding carboxylic acids is 1. The van der Waals surface area contributed by atoms with Crippen molar-refractivity contribution in [2.45, 2.75) is 13.3 Å². The van der Waals surface area contributed by atoms with Crippen LogP contribution in [0.15, 0.2) is 24.3 Å². The first-order valence-electron chi connectivity index (χ1n) is 5.02. The minimum Gasteiger partial charge on any atom is -0.508 e. The van der Waals surface area contributed by atoms with E-state index in [1.165, 1.54) is 6.07 Å². The second-order valence-corrected chi connectivity index (χ2v) is 3.20. The zero-order chi connectivity index (χ0) is 11.1. The highest BCUT2D eigenvalue weighted by atomic mass is 16.3. The summed E-state index contributed by atoms with van der Waals surface area (Å²) in [4.78, 5) is 11.4. The lowest BCUT2D eigenvalue weighted by Crippen LogP contribution is -2.21. The van der Waals surface area contributed by atoms with Crippen molar-refractivity contribution < 1.29 is 9.90 Å². The van der Waals surface area contributed by atoms with Crippen LogP contribution in [0.2, 0.25) is 0 Å². The number of hydrogen-bond donors (Lipinski definition) is 3. The minimum atomic E-state index is -0.0541. The van der Waals surface area contributed by atoms with E-state index in [2.05, 4.69) is 10.6 Å². The molecule has 0 unspecified atom stereocenters. The monoisotopic (exact) mass is 208 g/mol. The van der Waals surface area contributed by atoms with Gasteiger partial charge in [-0.2, -0.15) is 0 Å². The molecule has 15 heavy (non-hydrogen) atoms. The summed E-state index contributed by atoms with van der Waals surface area (Å²) in [5.41, 5.74) is 0.622. The van der Waals surface area contributed by atoms with Gasteiger partial charge in [0.1, 0.15) is 5.75 Å². The molecule has 4 nitrogen and oxygen atoms in total. The molecule has 0 spiro atoms. The summed E-state index contributed by atoms with van der Waals surface area (Å²) >= 11 is 0. The van der Waals surface area contributed by atoms with Gasteiger partial charge in [0.15, 0.2) is 0 Å². The maximum atomic E-state index is 11.4. The van der Waals surface area contributed by atoms with Crippen LogP contribution < -0.4 is 10.6 Å². The molecule has 82 valence electrons. The molecule has 0 atom stereocenters. The maximum Gasteiger partial charge on any atom is 0.225 e. The van der Waals surface area contributed by atoms with E-state index in [-0.39, 0.29) is 11.7 Å². The second kappa shape index (κ2) is 6.03. The summed E-state index contributed by atoms with van der Waals surface area (Å²) < 4.78 is 0. The van der Waals surface area contributed by atoms with E-state index in [1.54, 1.807) is 18.2 Å². The fourth-order valence-electron chi connectivity index (χ4n) is 1.19. The Morgan fingerprint density at radius 3 is 2.93 bits per heavy atom. The average Bonchev–Trinajstić information content (AvgIpc) is 2.18. The molecule has 0 bridgehead atoms. The highest BCUT2D eigenvalue weighted by Gasteiger charge is 2.01. The quantitative estimate of drug-likeness (QED) is 0.640. The van der Waals surface area contributed by atoms with E-state index < -0.39 is 0 Å². The summed E-state index contributed by atoms with van der Waals surface area (Å²) in [7, 11) is 0. The second-order valence-electron chi connectivity index (χ2n) is 3.20. The normalized spacial score (nSPS) is 9.93. The molecule has 0 saturated heterocycles. The number of benzene rings is 1. The molecular weight excluding hydrogens is 192 g/mol. The fourth-order valence-corrected chi connectivity index (χ4v) is 1.19. The van der Waals surface area contributed by atoms with Crippen LogP contribution in [0.1, 0.15) is 13.3 Å². The molecule has 0 aromatic heterocycles. The Kier molecular flexibility index (Phi) is 4.63. The third kappa shape index (κ3) is 4.46. The smallest absolute Gasteiger partial charge is 0.225 e. The topological polar surface area (TPSA) is 61.4 Å². The highest BCUT2D eigenvalue weighted by molar-refractivity contribution is 5.90. The number of phenols is 1. The summed E-state index contributed by atoms with van der Waals surface area (Å²) in [6.45, 7) is 3.52. The molecular formula is C11H16N2O2. The first-order chi connectivity index (χ1) is 7.22. The van der Waals surface area contributed by atoms with Crippen LogP contribution in [0.4, 0.5) is 5.69 Å². The van der Waals surface area contributed by atoms with Crippen molar-refractivity contribution in [2.24, 2.45) is 0 Å². The average molecular weight is 208 g/mol. The lowest BCUT2D eigenvalue weighted by Gasteiger charge is -2.05.